The lowest BCUT2D eigenvalue weighted by Gasteiger charge is -2.13. The summed E-state index contributed by atoms with van der Waals surface area (Å²) in [5.41, 5.74) is 1.11. The SMILES string of the molecule is Brc1ccccc1C(Br)(Br)Br. The summed E-state index contributed by atoms with van der Waals surface area (Å²) in [7, 11) is 0. The molecular formula is C7H4Br4. The fraction of sp³-hybridized carbons (Fsp3) is 0.143. The van der Waals surface area contributed by atoms with E-state index >= 15 is 0 Å². The summed E-state index contributed by atoms with van der Waals surface area (Å²) in [5, 5.41) is 0. The third-order valence-electron chi connectivity index (χ3n) is 1.18. The maximum Gasteiger partial charge on any atom is 0.160 e. The first-order valence-corrected chi connectivity index (χ1v) is 6.01. The average molecular weight is 408 g/mol. The highest BCUT2D eigenvalue weighted by atomic mass is 80.0. The zero-order chi connectivity index (χ0) is 8.48. The van der Waals surface area contributed by atoms with Gasteiger partial charge < -0.3 is 0 Å². The minimum atomic E-state index is -0.326. The Morgan fingerprint density at radius 3 is 1.91 bits per heavy atom. The van der Waals surface area contributed by atoms with E-state index in [1.807, 2.05) is 24.3 Å². The molecule has 1 aromatic rings. The van der Waals surface area contributed by atoms with Crippen molar-refractivity contribution in [1.82, 2.24) is 0 Å². The van der Waals surface area contributed by atoms with Gasteiger partial charge >= 0.3 is 0 Å². The van der Waals surface area contributed by atoms with Gasteiger partial charge in [-0.3, -0.25) is 0 Å². The summed E-state index contributed by atoms with van der Waals surface area (Å²) in [4.78, 5) is 0. The molecular weight excluding hydrogens is 404 g/mol. The zero-order valence-electron chi connectivity index (χ0n) is 5.32. The van der Waals surface area contributed by atoms with Crippen LogP contribution >= 0.6 is 63.7 Å². The first-order valence-electron chi connectivity index (χ1n) is 2.83. The molecule has 4 heteroatoms. The number of alkyl halides is 3. The Hall–Kier alpha value is 1.14. The lowest BCUT2D eigenvalue weighted by molar-refractivity contribution is 1.34. The molecule has 0 saturated carbocycles. The predicted molar refractivity (Wildman–Crippen MR) is 62.6 cm³/mol. The average Bonchev–Trinajstić information content (AvgIpc) is 1.86. The van der Waals surface area contributed by atoms with E-state index in [4.69, 9.17) is 0 Å². The van der Waals surface area contributed by atoms with Crippen LogP contribution in [-0.2, 0) is 2.14 Å². The molecule has 0 bridgehead atoms. The first-order chi connectivity index (χ1) is 5.02. The molecule has 0 atom stereocenters. The Labute approximate surface area is 99.3 Å². The summed E-state index contributed by atoms with van der Waals surface area (Å²) in [6, 6.07) is 7.97. The third-order valence-corrected chi connectivity index (χ3v) is 3.15. The Morgan fingerprint density at radius 1 is 1.00 bits per heavy atom. The Bertz CT molecular complexity index is 251. The summed E-state index contributed by atoms with van der Waals surface area (Å²) in [6.07, 6.45) is 0. The fourth-order valence-electron chi connectivity index (χ4n) is 0.691. The molecule has 0 nitrogen and oxygen atoms in total. The van der Waals surface area contributed by atoms with Crippen molar-refractivity contribution in [3.63, 3.8) is 0 Å². The quantitative estimate of drug-likeness (QED) is 0.545. The second-order valence-electron chi connectivity index (χ2n) is 1.98. The van der Waals surface area contributed by atoms with Gasteiger partial charge in [0, 0.05) is 10.0 Å². The summed E-state index contributed by atoms with van der Waals surface area (Å²) >= 11 is 13.8. The van der Waals surface area contributed by atoms with Crippen LogP contribution in [0, 0.1) is 0 Å². The second-order valence-corrected chi connectivity index (χ2v) is 9.59. The van der Waals surface area contributed by atoms with Crippen molar-refractivity contribution in [3.05, 3.63) is 34.3 Å². The normalized spacial score (nSPS) is 11.6. The van der Waals surface area contributed by atoms with Gasteiger partial charge in [-0.25, -0.2) is 0 Å². The molecule has 1 aromatic carbocycles. The number of hydrogen-bond acceptors (Lipinski definition) is 0. The maximum absolute atomic E-state index is 3.44. The maximum atomic E-state index is 3.44. The standard InChI is InChI=1S/C7H4Br4/c8-6-4-2-1-3-5(6)7(9,10)11/h1-4H. The van der Waals surface area contributed by atoms with Crippen molar-refractivity contribution in [3.8, 4) is 0 Å². The zero-order valence-corrected chi connectivity index (χ0v) is 11.7. The van der Waals surface area contributed by atoms with Crippen LogP contribution in [0.1, 0.15) is 5.56 Å². The molecule has 0 fully saturated rings. The van der Waals surface area contributed by atoms with Crippen LogP contribution in [0.5, 0.6) is 0 Å². The smallest absolute Gasteiger partial charge is 0.0618 e. The summed E-state index contributed by atoms with van der Waals surface area (Å²) < 4.78 is 0.734. The molecule has 0 unspecified atom stereocenters. The number of benzene rings is 1. The van der Waals surface area contributed by atoms with E-state index < -0.39 is 0 Å². The van der Waals surface area contributed by atoms with E-state index in [1.165, 1.54) is 0 Å². The van der Waals surface area contributed by atoms with E-state index in [0.717, 1.165) is 10.0 Å². The molecule has 0 N–H and O–H groups in total. The van der Waals surface area contributed by atoms with Gasteiger partial charge in [-0.05, 0) is 6.07 Å². The van der Waals surface area contributed by atoms with Gasteiger partial charge in [0.1, 0.15) is 0 Å². The van der Waals surface area contributed by atoms with Crippen LogP contribution in [0.25, 0.3) is 0 Å². The Balaban J connectivity index is 3.14. The van der Waals surface area contributed by atoms with Crippen LogP contribution in [0.4, 0.5) is 0 Å². The summed E-state index contributed by atoms with van der Waals surface area (Å²) in [6.45, 7) is 0. The molecule has 0 heterocycles. The summed E-state index contributed by atoms with van der Waals surface area (Å²) in [5.74, 6) is 0. The molecule has 0 spiro atoms. The highest BCUT2D eigenvalue weighted by molar-refractivity contribution is 9.38. The number of rotatable bonds is 0. The van der Waals surface area contributed by atoms with Gasteiger partial charge in [-0.2, -0.15) is 0 Å². The van der Waals surface area contributed by atoms with E-state index in [9.17, 15) is 0 Å². The molecule has 0 aliphatic carbocycles. The van der Waals surface area contributed by atoms with Crippen LogP contribution in [0.3, 0.4) is 0 Å². The van der Waals surface area contributed by atoms with E-state index in [0.29, 0.717) is 0 Å². The monoisotopic (exact) mass is 404 g/mol. The van der Waals surface area contributed by atoms with Crippen molar-refractivity contribution >= 4 is 63.7 Å². The molecule has 0 radical (unpaired) electrons. The molecule has 0 aliphatic rings. The third kappa shape index (κ3) is 2.83. The van der Waals surface area contributed by atoms with Crippen LogP contribution in [-0.4, -0.2) is 0 Å². The molecule has 60 valence electrons. The van der Waals surface area contributed by atoms with Gasteiger partial charge in [0.25, 0.3) is 0 Å². The van der Waals surface area contributed by atoms with E-state index in [-0.39, 0.29) is 2.14 Å². The molecule has 0 aliphatic heterocycles. The van der Waals surface area contributed by atoms with Crippen molar-refractivity contribution in [2.45, 2.75) is 2.14 Å². The molecule has 0 aromatic heterocycles. The van der Waals surface area contributed by atoms with Crippen LogP contribution in [0.15, 0.2) is 28.7 Å². The van der Waals surface area contributed by atoms with E-state index in [2.05, 4.69) is 63.7 Å². The molecule has 11 heavy (non-hydrogen) atoms. The van der Waals surface area contributed by atoms with Crippen LogP contribution < -0.4 is 0 Å². The number of halogens is 4. The van der Waals surface area contributed by atoms with Crippen molar-refractivity contribution in [1.29, 1.82) is 0 Å². The van der Waals surface area contributed by atoms with Gasteiger partial charge in [0.15, 0.2) is 2.14 Å². The first kappa shape index (κ1) is 10.2. The highest BCUT2D eigenvalue weighted by Gasteiger charge is 2.22. The second kappa shape index (κ2) is 3.90. The Kier molecular flexibility index (Phi) is 3.62. The van der Waals surface area contributed by atoms with Crippen molar-refractivity contribution in [2.75, 3.05) is 0 Å². The number of hydrogen-bond donors (Lipinski definition) is 0. The lowest BCUT2D eigenvalue weighted by Crippen LogP contribution is -1.97. The molecule has 1 rings (SSSR count). The largest absolute Gasteiger partial charge is 0.160 e. The van der Waals surface area contributed by atoms with Crippen molar-refractivity contribution in [2.24, 2.45) is 0 Å². The minimum absolute atomic E-state index is 0.326. The topological polar surface area (TPSA) is 0 Å². The predicted octanol–water partition coefficient (Wildman–Crippen LogP) is 4.74. The minimum Gasteiger partial charge on any atom is -0.0618 e. The lowest BCUT2D eigenvalue weighted by atomic mass is 10.2. The highest BCUT2D eigenvalue weighted by Crippen LogP contribution is 2.46. The van der Waals surface area contributed by atoms with Gasteiger partial charge in [0.05, 0.1) is 0 Å². The van der Waals surface area contributed by atoms with Gasteiger partial charge in [-0.1, -0.05) is 81.9 Å². The fourth-order valence-corrected chi connectivity index (χ4v) is 3.11. The Morgan fingerprint density at radius 2 is 1.55 bits per heavy atom. The van der Waals surface area contributed by atoms with E-state index in [1.54, 1.807) is 0 Å². The van der Waals surface area contributed by atoms with Crippen LogP contribution in [0.2, 0.25) is 0 Å². The molecule has 0 saturated heterocycles. The van der Waals surface area contributed by atoms with Gasteiger partial charge in [-0.15, -0.1) is 0 Å². The molecule has 0 amide bonds. The van der Waals surface area contributed by atoms with Gasteiger partial charge in [0.2, 0.25) is 0 Å². The van der Waals surface area contributed by atoms with Crippen molar-refractivity contribution < 1.29 is 0 Å².